The Hall–Kier alpha value is -0.940. The molecule has 1 rings (SSSR count). The molecule has 0 amide bonds. The van der Waals surface area contributed by atoms with Crippen molar-refractivity contribution in [3.05, 3.63) is 28.2 Å². The van der Waals surface area contributed by atoms with Crippen LogP contribution in [-0.2, 0) is 6.42 Å². The summed E-state index contributed by atoms with van der Waals surface area (Å²) in [6.07, 6.45) is 7.90. The third-order valence-electron chi connectivity index (χ3n) is 2.02. The van der Waals surface area contributed by atoms with Gasteiger partial charge in [0.25, 0.3) is 0 Å². The van der Waals surface area contributed by atoms with Gasteiger partial charge in [-0.15, -0.1) is 12.3 Å². The minimum absolute atomic E-state index is 0.749. The second-order valence-electron chi connectivity index (χ2n) is 3.30. The van der Waals surface area contributed by atoms with E-state index >= 15 is 0 Å². The first-order valence-electron chi connectivity index (χ1n) is 5.12. The van der Waals surface area contributed by atoms with Crippen LogP contribution in [0, 0.1) is 12.3 Å². The number of benzene rings is 1. The maximum absolute atomic E-state index is 5.65. The van der Waals surface area contributed by atoms with Crippen molar-refractivity contribution < 1.29 is 4.74 Å². The van der Waals surface area contributed by atoms with Crippen molar-refractivity contribution in [2.45, 2.75) is 26.2 Å². The molecule has 0 aliphatic rings. The van der Waals surface area contributed by atoms with Crippen LogP contribution in [-0.4, -0.2) is 6.61 Å². The van der Waals surface area contributed by atoms with Crippen molar-refractivity contribution in [1.29, 1.82) is 0 Å². The van der Waals surface area contributed by atoms with Crippen molar-refractivity contribution in [2.75, 3.05) is 6.61 Å². The second-order valence-corrected chi connectivity index (χ2v) is 4.22. The van der Waals surface area contributed by atoms with Gasteiger partial charge < -0.3 is 4.74 Å². The standard InChI is InChI=1S/C13H15BrO/c1-3-5-6-11-10-12(14)7-8-13(11)15-9-4-2/h1,7-8,10H,4-6,9H2,2H3. The number of rotatable bonds is 5. The zero-order valence-electron chi connectivity index (χ0n) is 8.92. The van der Waals surface area contributed by atoms with Gasteiger partial charge in [0.1, 0.15) is 5.75 Å². The van der Waals surface area contributed by atoms with Gasteiger partial charge in [-0.2, -0.15) is 0 Å². The SMILES string of the molecule is C#CCCc1cc(Br)ccc1OCCC. The summed E-state index contributed by atoms with van der Waals surface area (Å²) in [6.45, 7) is 2.85. The number of aryl methyl sites for hydroxylation is 1. The van der Waals surface area contributed by atoms with Gasteiger partial charge in [0.2, 0.25) is 0 Å². The van der Waals surface area contributed by atoms with E-state index in [1.54, 1.807) is 0 Å². The molecule has 0 saturated heterocycles. The molecule has 0 saturated carbocycles. The zero-order valence-corrected chi connectivity index (χ0v) is 10.5. The molecule has 0 aliphatic carbocycles. The quantitative estimate of drug-likeness (QED) is 0.737. The lowest BCUT2D eigenvalue weighted by atomic mass is 10.1. The van der Waals surface area contributed by atoms with Gasteiger partial charge in [-0.05, 0) is 36.6 Å². The maximum atomic E-state index is 5.65. The molecule has 0 N–H and O–H groups in total. The minimum atomic E-state index is 0.749. The summed E-state index contributed by atoms with van der Waals surface area (Å²) in [6, 6.07) is 6.05. The van der Waals surface area contributed by atoms with Crippen LogP contribution in [0.1, 0.15) is 25.3 Å². The monoisotopic (exact) mass is 266 g/mol. The van der Waals surface area contributed by atoms with Gasteiger partial charge in [-0.25, -0.2) is 0 Å². The Morgan fingerprint density at radius 3 is 2.93 bits per heavy atom. The second kappa shape index (κ2) is 6.53. The van der Waals surface area contributed by atoms with Gasteiger partial charge in [-0.3, -0.25) is 0 Å². The third-order valence-corrected chi connectivity index (χ3v) is 2.52. The Morgan fingerprint density at radius 1 is 1.47 bits per heavy atom. The van der Waals surface area contributed by atoms with Crippen LogP contribution in [0.25, 0.3) is 0 Å². The Bertz CT molecular complexity index is 352. The van der Waals surface area contributed by atoms with Crippen molar-refractivity contribution in [1.82, 2.24) is 0 Å². The van der Waals surface area contributed by atoms with E-state index in [0.717, 1.165) is 36.1 Å². The minimum Gasteiger partial charge on any atom is -0.493 e. The first-order chi connectivity index (χ1) is 7.27. The first-order valence-corrected chi connectivity index (χ1v) is 5.92. The van der Waals surface area contributed by atoms with E-state index in [1.807, 2.05) is 12.1 Å². The number of ether oxygens (including phenoxy) is 1. The van der Waals surface area contributed by atoms with E-state index in [-0.39, 0.29) is 0 Å². The molecule has 0 aromatic heterocycles. The molecule has 2 heteroatoms. The Kier molecular flexibility index (Phi) is 5.28. The maximum Gasteiger partial charge on any atom is 0.122 e. The van der Waals surface area contributed by atoms with Gasteiger partial charge in [0, 0.05) is 10.9 Å². The van der Waals surface area contributed by atoms with Crippen molar-refractivity contribution in [2.24, 2.45) is 0 Å². The molecule has 15 heavy (non-hydrogen) atoms. The summed E-state index contributed by atoms with van der Waals surface area (Å²) in [5.41, 5.74) is 1.18. The van der Waals surface area contributed by atoms with E-state index < -0.39 is 0 Å². The zero-order chi connectivity index (χ0) is 11.1. The fourth-order valence-electron chi connectivity index (χ4n) is 1.30. The Balaban J connectivity index is 2.78. The van der Waals surface area contributed by atoms with Crippen LogP contribution < -0.4 is 4.74 Å². The summed E-state index contributed by atoms with van der Waals surface area (Å²) in [7, 11) is 0. The third kappa shape index (κ3) is 3.97. The van der Waals surface area contributed by atoms with Gasteiger partial charge >= 0.3 is 0 Å². The van der Waals surface area contributed by atoms with E-state index in [4.69, 9.17) is 11.2 Å². The van der Waals surface area contributed by atoms with Crippen LogP contribution in [0.15, 0.2) is 22.7 Å². The molecular weight excluding hydrogens is 252 g/mol. The van der Waals surface area contributed by atoms with Gasteiger partial charge in [0.05, 0.1) is 6.61 Å². The van der Waals surface area contributed by atoms with Crippen LogP contribution in [0.4, 0.5) is 0 Å². The lowest BCUT2D eigenvalue weighted by Crippen LogP contribution is -1.99. The van der Waals surface area contributed by atoms with Crippen molar-refractivity contribution in [3.8, 4) is 18.1 Å². The summed E-state index contributed by atoms with van der Waals surface area (Å²) in [5, 5.41) is 0. The van der Waals surface area contributed by atoms with E-state index in [9.17, 15) is 0 Å². The highest BCUT2D eigenvalue weighted by Gasteiger charge is 2.03. The largest absolute Gasteiger partial charge is 0.493 e. The Labute approximate surface area is 100.0 Å². The molecule has 0 fully saturated rings. The highest BCUT2D eigenvalue weighted by Crippen LogP contribution is 2.24. The van der Waals surface area contributed by atoms with E-state index in [1.165, 1.54) is 5.56 Å². The van der Waals surface area contributed by atoms with Crippen LogP contribution in [0.3, 0.4) is 0 Å². The lowest BCUT2D eigenvalue weighted by molar-refractivity contribution is 0.314. The molecule has 80 valence electrons. The average Bonchev–Trinajstić information content (AvgIpc) is 2.25. The van der Waals surface area contributed by atoms with E-state index in [0.29, 0.717) is 0 Å². The van der Waals surface area contributed by atoms with Gasteiger partial charge in [0.15, 0.2) is 0 Å². The van der Waals surface area contributed by atoms with Crippen LogP contribution >= 0.6 is 15.9 Å². The molecular formula is C13H15BrO. The number of hydrogen-bond acceptors (Lipinski definition) is 1. The summed E-state index contributed by atoms with van der Waals surface area (Å²) in [4.78, 5) is 0. The molecule has 1 aromatic rings. The first kappa shape index (κ1) is 12.1. The summed E-state index contributed by atoms with van der Waals surface area (Å²) in [5.74, 6) is 3.60. The van der Waals surface area contributed by atoms with Crippen molar-refractivity contribution in [3.63, 3.8) is 0 Å². The van der Waals surface area contributed by atoms with Crippen molar-refractivity contribution >= 4 is 15.9 Å². The normalized spacial score (nSPS) is 9.67. The summed E-state index contributed by atoms with van der Waals surface area (Å²) >= 11 is 3.45. The Morgan fingerprint density at radius 2 is 2.27 bits per heavy atom. The molecule has 0 spiro atoms. The molecule has 0 aliphatic heterocycles. The smallest absolute Gasteiger partial charge is 0.122 e. The average molecular weight is 267 g/mol. The molecule has 0 atom stereocenters. The molecule has 0 unspecified atom stereocenters. The molecule has 1 aromatic carbocycles. The highest BCUT2D eigenvalue weighted by atomic mass is 79.9. The topological polar surface area (TPSA) is 9.23 Å². The number of terminal acetylenes is 1. The van der Waals surface area contributed by atoms with Crippen LogP contribution in [0.2, 0.25) is 0 Å². The van der Waals surface area contributed by atoms with Crippen LogP contribution in [0.5, 0.6) is 5.75 Å². The molecule has 0 bridgehead atoms. The molecule has 0 radical (unpaired) electrons. The highest BCUT2D eigenvalue weighted by molar-refractivity contribution is 9.10. The lowest BCUT2D eigenvalue weighted by Gasteiger charge is -2.10. The molecule has 1 nitrogen and oxygen atoms in total. The summed E-state index contributed by atoms with van der Waals surface area (Å²) < 4.78 is 6.72. The predicted octanol–water partition coefficient (Wildman–Crippen LogP) is 3.80. The molecule has 0 heterocycles. The van der Waals surface area contributed by atoms with Gasteiger partial charge in [-0.1, -0.05) is 22.9 Å². The fraction of sp³-hybridized carbons (Fsp3) is 0.385. The number of halogens is 1. The fourth-order valence-corrected chi connectivity index (χ4v) is 1.71. The number of hydrogen-bond donors (Lipinski definition) is 0. The van der Waals surface area contributed by atoms with E-state index in [2.05, 4.69) is 34.8 Å². The predicted molar refractivity (Wildman–Crippen MR) is 67.1 cm³/mol.